The van der Waals surface area contributed by atoms with Gasteiger partial charge >= 0.3 is 0 Å². The molecule has 0 aliphatic carbocycles. The number of benzene rings is 2. The fraction of sp³-hybridized carbons (Fsp3) is 0.474. The van der Waals surface area contributed by atoms with E-state index in [9.17, 15) is 5.11 Å². The maximum atomic E-state index is 9.71. The highest BCUT2D eigenvalue weighted by molar-refractivity contribution is 5.87. The first kappa shape index (κ1) is 14.9. The predicted molar refractivity (Wildman–Crippen MR) is 87.4 cm³/mol. The molecule has 0 saturated heterocycles. The molecule has 2 aromatic rings. The highest BCUT2D eigenvalue weighted by atomic mass is 16.3. The molecule has 1 unspecified atom stereocenters. The van der Waals surface area contributed by atoms with Crippen LogP contribution < -0.4 is 0 Å². The molecule has 0 radical (unpaired) electrons. The third kappa shape index (κ3) is 2.82. The molecular formula is C19H26O. The molecule has 0 amide bonds. The van der Waals surface area contributed by atoms with Crippen LogP contribution in [0, 0.1) is 18.3 Å². The molecule has 1 nitrogen and oxygen atoms in total. The van der Waals surface area contributed by atoms with Gasteiger partial charge in [0.1, 0.15) is 5.75 Å². The summed E-state index contributed by atoms with van der Waals surface area (Å²) in [5, 5.41) is 12.1. The summed E-state index contributed by atoms with van der Waals surface area (Å²) in [5.41, 5.74) is 2.78. The molecule has 1 heteroatoms. The molecule has 0 fully saturated rings. The van der Waals surface area contributed by atoms with Crippen molar-refractivity contribution in [1.82, 2.24) is 0 Å². The van der Waals surface area contributed by atoms with Crippen LogP contribution in [-0.4, -0.2) is 5.11 Å². The van der Waals surface area contributed by atoms with E-state index >= 15 is 0 Å². The third-order valence-electron chi connectivity index (χ3n) is 4.13. The summed E-state index contributed by atoms with van der Waals surface area (Å²) in [6.45, 7) is 13.6. The zero-order chi connectivity index (χ0) is 15.1. The fourth-order valence-corrected chi connectivity index (χ4v) is 3.62. The number of aryl methyl sites for hydroxylation is 1. The van der Waals surface area contributed by atoms with Gasteiger partial charge in [-0.15, -0.1) is 0 Å². The van der Waals surface area contributed by atoms with E-state index in [1.54, 1.807) is 0 Å². The second-order valence-corrected chi connectivity index (χ2v) is 7.33. The zero-order valence-electron chi connectivity index (χ0n) is 13.5. The lowest BCUT2D eigenvalue weighted by atomic mass is 9.70. The molecule has 108 valence electrons. The van der Waals surface area contributed by atoms with Gasteiger partial charge in [0.05, 0.1) is 0 Å². The Morgan fingerprint density at radius 1 is 1.00 bits per heavy atom. The lowest BCUT2D eigenvalue weighted by Gasteiger charge is -2.34. The Bertz CT molecular complexity index is 617. The van der Waals surface area contributed by atoms with Gasteiger partial charge in [0, 0.05) is 0 Å². The fourth-order valence-electron chi connectivity index (χ4n) is 3.62. The number of hydrogen-bond donors (Lipinski definition) is 1. The molecule has 2 rings (SSSR count). The molecule has 0 aliphatic heterocycles. The van der Waals surface area contributed by atoms with Gasteiger partial charge in [-0.1, -0.05) is 52.8 Å². The molecule has 1 atom stereocenters. The molecule has 0 bridgehead atoms. The lowest BCUT2D eigenvalue weighted by molar-refractivity contribution is 0.258. The zero-order valence-corrected chi connectivity index (χ0v) is 13.5. The van der Waals surface area contributed by atoms with Crippen molar-refractivity contribution in [3.05, 3.63) is 41.5 Å². The Morgan fingerprint density at radius 3 is 2.20 bits per heavy atom. The second kappa shape index (κ2) is 5.12. The lowest BCUT2D eigenvalue weighted by Crippen LogP contribution is -2.23. The molecule has 0 aliphatic rings. The number of hydrogen-bond acceptors (Lipinski definition) is 1. The molecule has 0 aromatic heterocycles. The van der Waals surface area contributed by atoms with Crippen molar-refractivity contribution < 1.29 is 5.11 Å². The normalized spacial score (nSPS) is 13.9. The highest BCUT2D eigenvalue weighted by Crippen LogP contribution is 2.41. The van der Waals surface area contributed by atoms with E-state index in [-0.39, 0.29) is 5.41 Å². The molecule has 0 saturated carbocycles. The average molecular weight is 270 g/mol. The Kier molecular flexibility index (Phi) is 3.82. The largest absolute Gasteiger partial charge is 0.508 e. The SMILES string of the molecule is Cc1cc(O)cc2ccc(C(C(C)C)C(C)(C)C)cc12. The summed E-state index contributed by atoms with van der Waals surface area (Å²) in [6.07, 6.45) is 0. The van der Waals surface area contributed by atoms with Crippen LogP contribution in [0.2, 0.25) is 0 Å². The standard InChI is InChI=1S/C19H26O/c1-12(2)18(19(4,5)6)15-8-7-14-10-16(20)9-13(3)17(14)11-15/h7-12,18,20H,1-6H3. The van der Waals surface area contributed by atoms with Crippen LogP contribution in [-0.2, 0) is 0 Å². The van der Waals surface area contributed by atoms with Crippen LogP contribution in [0.1, 0.15) is 51.7 Å². The Labute approximate surface area is 122 Å². The molecular weight excluding hydrogens is 244 g/mol. The van der Waals surface area contributed by atoms with Crippen molar-refractivity contribution in [1.29, 1.82) is 0 Å². The Balaban J connectivity index is 2.61. The van der Waals surface area contributed by atoms with Crippen molar-refractivity contribution in [2.45, 2.75) is 47.5 Å². The van der Waals surface area contributed by atoms with Crippen LogP contribution >= 0.6 is 0 Å². The van der Waals surface area contributed by atoms with Crippen LogP contribution in [0.5, 0.6) is 5.75 Å². The van der Waals surface area contributed by atoms with E-state index in [1.807, 2.05) is 12.1 Å². The van der Waals surface area contributed by atoms with Gasteiger partial charge in [0.2, 0.25) is 0 Å². The van der Waals surface area contributed by atoms with Crippen LogP contribution in [0.15, 0.2) is 30.3 Å². The van der Waals surface area contributed by atoms with Crippen molar-refractivity contribution in [2.24, 2.45) is 11.3 Å². The summed E-state index contributed by atoms with van der Waals surface area (Å²) in [4.78, 5) is 0. The topological polar surface area (TPSA) is 20.2 Å². The minimum atomic E-state index is 0.243. The molecule has 20 heavy (non-hydrogen) atoms. The first-order valence-corrected chi connectivity index (χ1v) is 7.43. The maximum absolute atomic E-state index is 9.71. The number of phenolic OH excluding ortho intramolecular Hbond substituents is 1. The van der Waals surface area contributed by atoms with Gasteiger partial charge in [0.25, 0.3) is 0 Å². The first-order chi connectivity index (χ1) is 9.20. The minimum Gasteiger partial charge on any atom is -0.508 e. The van der Waals surface area contributed by atoms with Crippen LogP contribution in [0.4, 0.5) is 0 Å². The summed E-state index contributed by atoms with van der Waals surface area (Å²) >= 11 is 0. The quantitative estimate of drug-likeness (QED) is 0.748. The number of rotatable bonds is 2. The van der Waals surface area contributed by atoms with E-state index in [0.29, 0.717) is 17.6 Å². The van der Waals surface area contributed by atoms with Gasteiger partial charge in [0.15, 0.2) is 0 Å². The summed E-state index contributed by atoms with van der Waals surface area (Å²) in [5.74, 6) is 1.48. The summed E-state index contributed by atoms with van der Waals surface area (Å²) in [7, 11) is 0. The summed E-state index contributed by atoms with van der Waals surface area (Å²) in [6, 6.07) is 10.3. The van der Waals surface area contributed by atoms with Gasteiger partial charge < -0.3 is 5.11 Å². The summed E-state index contributed by atoms with van der Waals surface area (Å²) < 4.78 is 0. The Hall–Kier alpha value is -1.50. The molecule has 0 heterocycles. The average Bonchev–Trinajstić information content (AvgIpc) is 2.27. The third-order valence-corrected chi connectivity index (χ3v) is 4.13. The Morgan fingerprint density at radius 2 is 1.65 bits per heavy atom. The maximum Gasteiger partial charge on any atom is 0.116 e. The van der Waals surface area contributed by atoms with Crippen molar-refractivity contribution in [3.63, 3.8) is 0 Å². The molecule has 1 N–H and O–H groups in total. The number of phenols is 1. The number of fused-ring (bicyclic) bond motifs is 1. The second-order valence-electron chi connectivity index (χ2n) is 7.33. The monoisotopic (exact) mass is 270 g/mol. The first-order valence-electron chi connectivity index (χ1n) is 7.43. The van der Waals surface area contributed by atoms with Gasteiger partial charge in [-0.2, -0.15) is 0 Å². The van der Waals surface area contributed by atoms with E-state index < -0.39 is 0 Å². The van der Waals surface area contributed by atoms with Crippen molar-refractivity contribution in [2.75, 3.05) is 0 Å². The smallest absolute Gasteiger partial charge is 0.116 e. The van der Waals surface area contributed by atoms with Gasteiger partial charge in [-0.05, 0) is 58.2 Å². The van der Waals surface area contributed by atoms with Gasteiger partial charge in [-0.25, -0.2) is 0 Å². The van der Waals surface area contributed by atoms with Crippen molar-refractivity contribution in [3.8, 4) is 5.75 Å². The number of aromatic hydroxyl groups is 1. The molecule has 0 spiro atoms. The molecule has 2 aromatic carbocycles. The highest BCUT2D eigenvalue weighted by Gasteiger charge is 2.29. The predicted octanol–water partition coefficient (Wildman–Crippen LogP) is 5.64. The van der Waals surface area contributed by atoms with E-state index in [0.717, 1.165) is 10.9 Å². The van der Waals surface area contributed by atoms with Crippen molar-refractivity contribution >= 4 is 10.8 Å². The van der Waals surface area contributed by atoms with E-state index in [1.165, 1.54) is 10.9 Å². The van der Waals surface area contributed by atoms with E-state index in [4.69, 9.17) is 0 Å². The van der Waals surface area contributed by atoms with Crippen LogP contribution in [0.3, 0.4) is 0 Å². The van der Waals surface area contributed by atoms with Crippen LogP contribution in [0.25, 0.3) is 10.8 Å². The van der Waals surface area contributed by atoms with E-state index in [2.05, 4.69) is 59.7 Å². The van der Waals surface area contributed by atoms with Gasteiger partial charge in [-0.3, -0.25) is 0 Å². The minimum absolute atomic E-state index is 0.243.